The van der Waals surface area contributed by atoms with Gasteiger partial charge in [-0.05, 0) is 13.0 Å². The lowest BCUT2D eigenvalue weighted by Gasteiger charge is -2.16. The summed E-state index contributed by atoms with van der Waals surface area (Å²) in [5, 5.41) is -0.236. The molecule has 1 unspecified atom stereocenters. The van der Waals surface area contributed by atoms with Crippen molar-refractivity contribution in [2.24, 2.45) is 13.0 Å². The maximum Gasteiger partial charge on any atom is 0.431 e. The van der Waals surface area contributed by atoms with Crippen LogP contribution in [-0.4, -0.2) is 28.8 Å². The van der Waals surface area contributed by atoms with Crippen LogP contribution in [0.1, 0.15) is 12.6 Å². The summed E-state index contributed by atoms with van der Waals surface area (Å²) >= 11 is 5.88. The van der Waals surface area contributed by atoms with Crippen molar-refractivity contribution in [3.63, 3.8) is 0 Å². The lowest BCUT2D eigenvalue weighted by Crippen LogP contribution is -2.41. The zero-order chi connectivity index (χ0) is 22.1. The van der Waals surface area contributed by atoms with Crippen molar-refractivity contribution >= 4 is 17.6 Å². The monoisotopic (exact) mass is 438 g/mol. The van der Waals surface area contributed by atoms with E-state index in [2.05, 4.69) is 4.74 Å². The Morgan fingerprint density at radius 1 is 1.24 bits per heavy atom. The van der Waals surface area contributed by atoms with Crippen molar-refractivity contribution in [1.29, 1.82) is 0 Å². The molecule has 1 atom stereocenters. The molecule has 0 spiro atoms. The van der Waals surface area contributed by atoms with Gasteiger partial charge in [0.25, 0.3) is 5.56 Å². The molecule has 0 aliphatic rings. The molecule has 0 aliphatic heterocycles. The number of rotatable bonds is 5. The zero-order valence-corrected chi connectivity index (χ0v) is 16.1. The number of benzene rings is 1. The minimum absolute atomic E-state index is 0.176. The lowest BCUT2D eigenvalue weighted by atomic mass is 10.2. The maximum absolute atomic E-state index is 14.4. The number of carbonyl (C=O) groups is 1. The molecule has 0 amide bonds. The standard InChI is InChI=1S/C17H15ClF4N2O5/c1-8(15(26)28-3)7-29-12-5-11(10(19)4-9(12)18)24-14(25)6-13(17(20,21)22)23(2)16(24)27/h4-6,8H,7H2,1-3H3. The molecule has 2 rings (SSSR count). The van der Waals surface area contributed by atoms with Gasteiger partial charge >= 0.3 is 17.8 Å². The fraction of sp³-hybridized carbons (Fsp3) is 0.353. The molecular formula is C17H15ClF4N2O5. The molecule has 1 aromatic carbocycles. The highest BCUT2D eigenvalue weighted by molar-refractivity contribution is 6.32. The van der Waals surface area contributed by atoms with Crippen LogP contribution >= 0.6 is 11.6 Å². The highest BCUT2D eigenvalue weighted by atomic mass is 35.5. The molecule has 0 N–H and O–H groups in total. The first-order valence-corrected chi connectivity index (χ1v) is 8.36. The van der Waals surface area contributed by atoms with E-state index in [1.807, 2.05) is 0 Å². The van der Waals surface area contributed by atoms with Crippen LogP contribution in [-0.2, 0) is 22.8 Å². The van der Waals surface area contributed by atoms with E-state index in [0.717, 1.165) is 19.2 Å². The van der Waals surface area contributed by atoms with Crippen LogP contribution in [0.4, 0.5) is 17.6 Å². The van der Waals surface area contributed by atoms with Crippen molar-refractivity contribution in [1.82, 2.24) is 9.13 Å². The molecular weight excluding hydrogens is 424 g/mol. The van der Waals surface area contributed by atoms with Crippen LogP contribution in [0.25, 0.3) is 5.69 Å². The van der Waals surface area contributed by atoms with Crippen LogP contribution in [0.2, 0.25) is 5.02 Å². The third-order valence-electron chi connectivity index (χ3n) is 3.95. The topological polar surface area (TPSA) is 79.5 Å². The molecule has 0 bridgehead atoms. The highest BCUT2D eigenvalue weighted by Gasteiger charge is 2.35. The Bertz CT molecular complexity index is 1060. The van der Waals surface area contributed by atoms with E-state index < -0.39 is 46.5 Å². The number of hydrogen-bond donors (Lipinski definition) is 0. The number of methoxy groups -OCH3 is 1. The van der Waals surface area contributed by atoms with E-state index in [-0.39, 0.29) is 32.6 Å². The Morgan fingerprint density at radius 2 is 1.86 bits per heavy atom. The number of carbonyl (C=O) groups excluding carboxylic acids is 1. The fourth-order valence-corrected chi connectivity index (χ4v) is 2.61. The third-order valence-corrected chi connectivity index (χ3v) is 4.24. The van der Waals surface area contributed by atoms with Gasteiger partial charge in [-0.25, -0.2) is 13.8 Å². The quantitative estimate of drug-likeness (QED) is 0.529. The average molecular weight is 439 g/mol. The van der Waals surface area contributed by atoms with Crippen LogP contribution in [0, 0.1) is 11.7 Å². The molecule has 12 heteroatoms. The second-order valence-corrected chi connectivity index (χ2v) is 6.42. The molecule has 29 heavy (non-hydrogen) atoms. The lowest BCUT2D eigenvalue weighted by molar-refractivity contribution is -0.146. The summed E-state index contributed by atoms with van der Waals surface area (Å²) in [5.41, 5.74) is -4.95. The molecule has 0 saturated carbocycles. The van der Waals surface area contributed by atoms with Crippen LogP contribution < -0.4 is 16.0 Å². The van der Waals surface area contributed by atoms with E-state index in [0.29, 0.717) is 0 Å². The number of nitrogens with zero attached hydrogens (tertiary/aromatic N) is 2. The van der Waals surface area contributed by atoms with Crippen molar-refractivity contribution in [2.45, 2.75) is 13.1 Å². The molecule has 0 saturated heterocycles. The molecule has 0 radical (unpaired) electrons. The second kappa shape index (κ2) is 8.27. The van der Waals surface area contributed by atoms with Gasteiger partial charge in [0, 0.05) is 19.2 Å². The van der Waals surface area contributed by atoms with Gasteiger partial charge in [0.2, 0.25) is 0 Å². The van der Waals surface area contributed by atoms with Crippen molar-refractivity contribution in [3.05, 3.63) is 55.6 Å². The molecule has 1 heterocycles. The van der Waals surface area contributed by atoms with Gasteiger partial charge in [-0.3, -0.25) is 14.2 Å². The largest absolute Gasteiger partial charge is 0.491 e. The smallest absolute Gasteiger partial charge is 0.431 e. The Balaban J connectivity index is 2.57. The van der Waals surface area contributed by atoms with Crippen molar-refractivity contribution in [2.75, 3.05) is 13.7 Å². The Hall–Kier alpha value is -2.82. The van der Waals surface area contributed by atoms with E-state index in [1.165, 1.54) is 14.0 Å². The normalized spacial score (nSPS) is 12.6. The van der Waals surface area contributed by atoms with Gasteiger partial charge < -0.3 is 9.47 Å². The minimum atomic E-state index is -4.96. The van der Waals surface area contributed by atoms with Gasteiger partial charge in [0.1, 0.15) is 23.9 Å². The molecule has 2 aromatic rings. The summed E-state index contributed by atoms with van der Waals surface area (Å²) < 4.78 is 63.5. The van der Waals surface area contributed by atoms with E-state index in [1.54, 1.807) is 0 Å². The fourth-order valence-electron chi connectivity index (χ4n) is 2.40. The molecule has 1 aromatic heterocycles. The molecule has 158 valence electrons. The highest BCUT2D eigenvalue weighted by Crippen LogP contribution is 2.30. The van der Waals surface area contributed by atoms with Crippen LogP contribution in [0.3, 0.4) is 0 Å². The number of ether oxygens (including phenoxy) is 2. The first-order chi connectivity index (χ1) is 13.4. The van der Waals surface area contributed by atoms with Crippen LogP contribution in [0.15, 0.2) is 27.8 Å². The number of halogens is 5. The molecule has 7 nitrogen and oxygen atoms in total. The number of hydrogen-bond acceptors (Lipinski definition) is 5. The second-order valence-electron chi connectivity index (χ2n) is 6.01. The number of esters is 1. The molecule has 0 aliphatic carbocycles. The minimum Gasteiger partial charge on any atom is -0.491 e. The third kappa shape index (κ3) is 4.61. The van der Waals surface area contributed by atoms with Gasteiger partial charge in [0.05, 0.1) is 23.7 Å². The summed E-state index contributed by atoms with van der Waals surface area (Å²) in [5.74, 6) is -2.63. The number of alkyl halides is 3. The summed E-state index contributed by atoms with van der Waals surface area (Å²) in [6.07, 6.45) is -4.96. The predicted molar refractivity (Wildman–Crippen MR) is 93.9 cm³/mol. The zero-order valence-electron chi connectivity index (χ0n) is 15.3. The Morgan fingerprint density at radius 3 is 2.41 bits per heavy atom. The Labute approximate surface area is 166 Å². The number of aromatic nitrogens is 2. The van der Waals surface area contributed by atoms with Crippen molar-refractivity contribution < 1.29 is 31.8 Å². The SMILES string of the molecule is COC(=O)C(C)COc1cc(-n2c(=O)cc(C(F)(F)F)n(C)c2=O)c(F)cc1Cl. The van der Waals surface area contributed by atoms with Crippen molar-refractivity contribution in [3.8, 4) is 11.4 Å². The van der Waals surface area contributed by atoms with E-state index in [4.69, 9.17) is 16.3 Å². The van der Waals surface area contributed by atoms with Crippen LogP contribution in [0.5, 0.6) is 5.75 Å². The summed E-state index contributed by atoms with van der Waals surface area (Å²) in [4.78, 5) is 35.9. The van der Waals surface area contributed by atoms with Gasteiger partial charge in [0.15, 0.2) is 0 Å². The summed E-state index contributed by atoms with van der Waals surface area (Å²) in [6, 6.07) is 1.80. The summed E-state index contributed by atoms with van der Waals surface area (Å²) in [6.45, 7) is 1.26. The Kier molecular flexibility index (Phi) is 6.41. The van der Waals surface area contributed by atoms with E-state index >= 15 is 0 Å². The maximum atomic E-state index is 14.4. The summed E-state index contributed by atoms with van der Waals surface area (Å²) in [7, 11) is 1.97. The predicted octanol–water partition coefficient (Wildman–Crippen LogP) is 2.54. The van der Waals surface area contributed by atoms with Gasteiger partial charge in [-0.15, -0.1) is 0 Å². The van der Waals surface area contributed by atoms with E-state index in [9.17, 15) is 31.9 Å². The van der Waals surface area contributed by atoms with Gasteiger partial charge in [-0.2, -0.15) is 13.2 Å². The first kappa shape index (κ1) is 22.5. The first-order valence-electron chi connectivity index (χ1n) is 7.98. The average Bonchev–Trinajstić information content (AvgIpc) is 2.63. The molecule has 0 fully saturated rings. The van der Waals surface area contributed by atoms with Gasteiger partial charge in [-0.1, -0.05) is 11.6 Å².